The zero-order valence-corrected chi connectivity index (χ0v) is 7.48. The van der Waals surface area contributed by atoms with Gasteiger partial charge in [0.15, 0.2) is 0 Å². The molecule has 0 aromatic heterocycles. The Morgan fingerprint density at radius 1 is 1.55 bits per heavy atom. The first-order valence-electron chi connectivity index (χ1n) is 3.91. The summed E-state index contributed by atoms with van der Waals surface area (Å²) in [5.41, 5.74) is 2.11. The minimum absolute atomic E-state index is 0.548. The van der Waals surface area contributed by atoms with Crippen molar-refractivity contribution in [2.45, 2.75) is 26.7 Å². The molecule has 0 aliphatic heterocycles. The molecule has 0 aromatic carbocycles. The molecule has 0 radical (unpaired) electrons. The highest BCUT2D eigenvalue weighted by Crippen LogP contribution is 2.15. The Kier molecular flexibility index (Phi) is 4.51. The first-order chi connectivity index (χ1) is 5.07. The second-order valence-corrected chi connectivity index (χ2v) is 3.09. The van der Waals surface area contributed by atoms with E-state index in [0.29, 0.717) is 5.92 Å². The highest BCUT2D eigenvalue weighted by Gasteiger charge is 2.01. The molecule has 0 rings (SSSR count). The third-order valence-corrected chi connectivity index (χ3v) is 1.94. The lowest BCUT2D eigenvalue weighted by Gasteiger charge is -2.09. The molecule has 0 heterocycles. The van der Waals surface area contributed by atoms with E-state index < -0.39 is 0 Å². The standard InChI is InChI=1S/C10H17N/c1-8(2)10(4)6-5-9(3)7-11/h7,10-11H,1,3,5-6H2,2,4H3/t10-/m0/s1. The Bertz CT molecular complexity index is 168. The van der Waals surface area contributed by atoms with E-state index in [2.05, 4.69) is 20.1 Å². The van der Waals surface area contributed by atoms with Crippen LogP contribution in [0.5, 0.6) is 0 Å². The molecule has 62 valence electrons. The highest BCUT2D eigenvalue weighted by atomic mass is 14.3. The first-order valence-corrected chi connectivity index (χ1v) is 3.91. The van der Waals surface area contributed by atoms with Crippen LogP contribution in [0.25, 0.3) is 0 Å². The van der Waals surface area contributed by atoms with Crippen LogP contribution < -0.4 is 0 Å². The van der Waals surface area contributed by atoms with Gasteiger partial charge in [0.1, 0.15) is 0 Å². The van der Waals surface area contributed by atoms with Gasteiger partial charge < -0.3 is 5.41 Å². The largest absolute Gasteiger partial charge is 0.308 e. The number of hydrogen-bond donors (Lipinski definition) is 1. The summed E-state index contributed by atoms with van der Waals surface area (Å²) in [4.78, 5) is 0. The summed E-state index contributed by atoms with van der Waals surface area (Å²) in [6, 6.07) is 0. The van der Waals surface area contributed by atoms with Gasteiger partial charge in [0.2, 0.25) is 0 Å². The lowest BCUT2D eigenvalue weighted by molar-refractivity contribution is 0.619. The first kappa shape index (κ1) is 10.2. The molecule has 0 saturated heterocycles. The fourth-order valence-electron chi connectivity index (χ4n) is 0.720. The molecule has 0 unspecified atom stereocenters. The van der Waals surface area contributed by atoms with Gasteiger partial charge in [-0.2, -0.15) is 0 Å². The van der Waals surface area contributed by atoms with Gasteiger partial charge in [0, 0.05) is 6.21 Å². The third kappa shape index (κ3) is 4.54. The van der Waals surface area contributed by atoms with Gasteiger partial charge in [0.25, 0.3) is 0 Å². The smallest absolute Gasteiger partial charge is 0.0203 e. The van der Waals surface area contributed by atoms with Crippen LogP contribution in [-0.2, 0) is 0 Å². The zero-order valence-electron chi connectivity index (χ0n) is 7.48. The number of allylic oxidation sites excluding steroid dienone is 2. The van der Waals surface area contributed by atoms with Gasteiger partial charge in [-0.1, -0.05) is 25.7 Å². The predicted molar refractivity (Wildman–Crippen MR) is 51.1 cm³/mol. The molecule has 0 aliphatic rings. The van der Waals surface area contributed by atoms with Crippen LogP contribution in [0, 0.1) is 11.3 Å². The van der Waals surface area contributed by atoms with E-state index >= 15 is 0 Å². The van der Waals surface area contributed by atoms with Gasteiger partial charge in [-0.25, -0.2) is 0 Å². The Hall–Kier alpha value is -0.850. The number of rotatable bonds is 5. The predicted octanol–water partition coefficient (Wildman–Crippen LogP) is 3.18. The lowest BCUT2D eigenvalue weighted by atomic mass is 9.97. The van der Waals surface area contributed by atoms with Crippen molar-refractivity contribution in [3.63, 3.8) is 0 Å². The molecule has 0 aliphatic carbocycles. The normalized spacial score (nSPS) is 12.2. The van der Waals surface area contributed by atoms with Crippen molar-refractivity contribution in [2.75, 3.05) is 0 Å². The van der Waals surface area contributed by atoms with Gasteiger partial charge in [0.05, 0.1) is 0 Å². The Labute approximate surface area is 69.3 Å². The van der Waals surface area contributed by atoms with Crippen molar-refractivity contribution in [3.05, 3.63) is 24.3 Å². The van der Waals surface area contributed by atoms with Crippen LogP contribution in [0.15, 0.2) is 24.3 Å². The van der Waals surface area contributed by atoms with Crippen molar-refractivity contribution in [1.29, 1.82) is 5.41 Å². The third-order valence-electron chi connectivity index (χ3n) is 1.94. The van der Waals surface area contributed by atoms with E-state index in [-0.39, 0.29) is 0 Å². The van der Waals surface area contributed by atoms with E-state index in [1.165, 1.54) is 11.8 Å². The maximum Gasteiger partial charge on any atom is 0.0203 e. The molecule has 0 saturated carbocycles. The number of hydrogen-bond acceptors (Lipinski definition) is 1. The zero-order chi connectivity index (χ0) is 8.85. The summed E-state index contributed by atoms with van der Waals surface area (Å²) < 4.78 is 0. The van der Waals surface area contributed by atoms with E-state index in [9.17, 15) is 0 Å². The molecule has 0 spiro atoms. The second kappa shape index (κ2) is 4.89. The second-order valence-electron chi connectivity index (χ2n) is 3.09. The highest BCUT2D eigenvalue weighted by molar-refractivity contribution is 5.74. The van der Waals surface area contributed by atoms with Crippen LogP contribution in [0.4, 0.5) is 0 Å². The number of nitrogens with one attached hydrogen (secondary N) is 1. The van der Waals surface area contributed by atoms with Crippen LogP contribution in [0.2, 0.25) is 0 Å². The van der Waals surface area contributed by atoms with E-state index in [4.69, 9.17) is 5.41 Å². The molecule has 1 nitrogen and oxygen atoms in total. The van der Waals surface area contributed by atoms with Gasteiger partial charge in [-0.3, -0.25) is 0 Å². The molecule has 0 aromatic rings. The summed E-state index contributed by atoms with van der Waals surface area (Å²) in [5.74, 6) is 0.548. The molecule has 1 atom stereocenters. The van der Waals surface area contributed by atoms with Crippen molar-refractivity contribution in [1.82, 2.24) is 0 Å². The van der Waals surface area contributed by atoms with Gasteiger partial charge in [-0.05, 0) is 31.3 Å². The van der Waals surface area contributed by atoms with Gasteiger partial charge >= 0.3 is 0 Å². The maximum absolute atomic E-state index is 6.91. The molecule has 0 amide bonds. The van der Waals surface area contributed by atoms with E-state index in [0.717, 1.165) is 18.4 Å². The summed E-state index contributed by atoms with van der Waals surface area (Å²) >= 11 is 0. The quantitative estimate of drug-likeness (QED) is 0.461. The molecular formula is C10H17N. The molecule has 0 bridgehead atoms. The average molecular weight is 151 g/mol. The SMILES string of the molecule is C=C(C=N)CC[C@H](C)C(=C)C. The van der Waals surface area contributed by atoms with Crippen LogP contribution in [0.1, 0.15) is 26.7 Å². The van der Waals surface area contributed by atoms with Crippen molar-refractivity contribution >= 4 is 6.21 Å². The van der Waals surface area contributed by atoms with Crippen molar-refractivity contribution in [2.24, 2.45) is 5.92 Å². The molecular weight excluding hydrogens is 134 g/mol. The van der Waals surface area contributed by atoms with Crippen LogP contribution in [0.3, 0.4) is 0 Å². The topological polar surface area (TPSA) is 23.9 Å². The minimum atomic E-state index is 0.548. The Balaban J connectivity index is 3.62. The molecule has 11 heavy (non-hydrogen) atoms. The summed E-state index contributed by atoms with van der Waals surface area (Å²) in [6.45, 7) is 11.8. The fraction of sp³-hybridized carbons (Fsp3) is 0.500. The summed E-state index contributed by atoms with van der Waals surface area (Å²) in [6.07, 6.45) is 3.30. The minimum Gasteiger partial charge on any atom is -0.308 e. The average Bonchev–Trinajstić information content (AvgIpc) is 1.99. The maximum atomic E-state index is 6.91. The molecule has 0 fully saturated rings. The van der Waals surface area contributed by atoms with Crippen molar-refractivity contribution in [3.8, 4) is 0 Å². The molecule has 1 N–H and O–H groups in total. The Morgan fingerprint density at radius 3 is 2.45 bits per heavy atom. The summed E-state index contributed by atoms with van der Waals surface area (Å²) in [7, 11) is 0. The monoisotopic (exact) mass is 151 g/mol. The van der Waals surface area contributed by atoms with Crippen molar-refractivity contribution < 1.29 is 0 Å². The summed E-state index contributed by atoms with van der Waals surface area (Å²) in [5, 5.41) is 6.91. The van der Waals surface area contributed by atoms with Gasteiger partial charge in [-0.15, -0.1) is 0 Å². The van der Waals surface area contributed by atoms with Crippen LogP contribution >= 0.6 is 0 Å². The molecule has 1 heteroatoms. The van der Waals surface area contributed by atoms with E-state index in [1.54, 1.807) is 0 Å². The van der Waals surface area contributed by atoms with Crippen LogP contribution in [-0.4, -0.2) is 6.21 Å². The fourth-order valence-corrected chi connectivity index (χ4v) is 0.720. The van der Waals surface area contributed by atoms with E-state index in [1.807, 2.05) is 6.92 Å². The lowest BCUT2D eigenvalue weighted by Crippen LogP contribution is -1.96. The Morgan fingerprint density at radius 2 is 2.09 bits per heavy atom.